The van der Waals surface area contributed by atoms with Gasteiger partial charge in [0.25, 0.3) is 0 Å². The van der Waals surface area contributed by atoms with Crippen LogP contribution in [0.5, 0.6) is 5.75 Å². The Kier molecular flexibility index (Phi) is 2.25. The number of nitrogens with zero attached hydrogens (tertiary/aromatic N) is 1. The van der Waals surface area contributed by atoms with E-state index < -0.39 is 5.38 Å². The molecule has 4 heteroatoms. The maximum atomic E-state index is 11.6. The van der Waals surface area contributed by atoms with Crippen LogP contribution in [0.15, 0.2) is 23.2 Å². The molecule has 2 rings (SSSR count). The number of halogens is 1. The van der Waals surface area contributed by atoms with Gasteiger partial charge in [0.15, 0.2) is 5.78 Å². The van der Waals surface area contributed by atoms with Gasteiger partial charge in [0.05, 0.1) is 12.8 Å². The molecule has 0 aliphatic carbocycles. The molecule has 3 nitrogen and oxygen atoms in total. The summed E-state index contributed by atoms with van der Waals surface area (Å²) in [7, 11) is 1.55. The summed E-state index contributed by atoms with van der Waals surface area (Å²) >= 11 is 5.75. The number of carbonyl (C=O) groups excluding carboxylic acids is 1. The Labute approximate surface area is 86.4 Å². The van der Waals surface area contributed by atoms with E-state index >= 15 is 0 Å². The molecule has 0 saturated heterocycles. The highest BCUT2D eigenvalue weighted by Gasteiger charge is 2.22. The second kappa shape index (κ2) is 3.42. The number of fused-ring (bicyclic) bond motifs is 1. The number of hydrogen-bond donors (Lipinski definition) is 0. The third-order valence-corrected chi connectivity index (χ3v) is 2.38. The van der Waals surface area contributed by atoms with Crippen LogP contribution < -0.4 is 4.74 Å². The second-order valence-electron chi connectivity index (χ2n) is 2.93. The summed E-state index contributed by atoms with van der Waals surface area (Å²) in [5.41, 5.74) is 1.17. The van der Waals surface area contributed by atoms with Gasteiger partial charge in [-0.3, -0.25) is 9.79 Å². The molecule has 0 N–H and O–H groups in total. The Bertz CT molecular complexity index is 415. The first-order valence-electron chi connectivity index (χ1n) is 4.13. The van der Waals surface area contributed by atoms with Gasteiger partial charge in [-0.15, -0.1) is 11.6 Å². The lowest BCUT2D eigenvalue weighted by Crippen LogP contribution is -2.19. The van der Waals surface area contributed by atoms with Gasteiger partial charge in [-0.2, -0.15) is 0 Å². The van der Waals surface area contributed by atoms with Crippen molar-refractivity contribution in [3.05, 3.63) is 23.8 Å². The molecule has 1 aliphatic heterocycles. The molecule has 14 heavy (non-hydrogen) atoms. The van der Waals surface area contributed by atoms with E-state index in [1.54, 1.807) is 25.3 Å². The summed E-state index contributed by atoms with van der Waals surface area (Å²) in [6.07, 6.45) is 1.44. The van der Waals surface area contributed by atoms with E-state index in [1.165, 1.54) is 6.21 Å². The molecular weight excluding hydrogens is 202 g/mol. The first-order chi connectivity index (χ1) is 6.72. The van der Waals surface area contributed by atoms with Crippen LogP contribution in [0.2, 0.25) is 0 Å². The number of aliphatic imine (C=N–C) groups is 1. The van der Waals surface area contributed by atoms with Crippen molar-refractivity contribution in [3.63, 3.8) is 0 Å². The summed E-state index contributed by atoms with van der Waals surface area (Å²) in [5.74, 6) is 0.508. The fourth-order valence-corrected chi connectivity index (χ4v) is 1.49. The zero-order chi connectivity index (χ0) is 10.1. The van der Waals surface area contributed by atoms with Gasteiger partial charge < -0.3 is 4.74 Å². The van der Waals surface area contributed by atoms with Crippen molar-refractivity contribution in [2.24, 2.45) is 4.99 Å². The van der Waals surface area contributed by atoms with Crippen LogP contribution in [-0.4, -0.2) is 24.5 Å². The van der Waals surface area contributed by atoms with Crippen molar-refractivity contribution < 1.29 is 9.53 Å². The van der Waals surface area contributed by atoms with Crippen LogP contribution in [0.1, 0.15) is 10.4 Å². The summed E-state index contributed by atoms with van der Waals surface area (Å²) in [6.45, 7) is 0. The van der Waals surface area contributed by atoms with Gasteiger partial charge in [-0.25, -0.2) is 0 Å². The lowest BCUT2D eigenvalue weighted by molar-refractivity contribution is 0.100. The Morgan fingerprint density at radius 1 is 1.50 bits per heavy atom. The SMILES string of the molecule is COc1ccc2c(c1)C(=O)C(Cl)C=N2. The van der Waals surface area contributed by atoms with Crippen molar-refractivity contribution in [1.82, 2.24) is 0 Å². The zero-order valence-corrected chi connectivity index (χ0v) is 8.28. The van der Waals surface area contributed by atoms with Crippen molar-refractivity contribution in [3.8, 4) is 5.75 Å². The lowest BCUT2D eigenvalue weighted by atomic mass is 10.0. The highest BCUT2D eigenvalue weighted by atomic mass is 35.5. The molecule has 0 aromatic heterocycles. The fourth-order valence-electron chi connectivity index (χ4n) is 1.31. The highest BCUT2D eigenvalue weighted by molar-refractivity contribution is 6.43. The first-order valence-corrected chi connectivity index (χ1v) is 4.56. The quantitative estimate of drug-likeness (QED) is 0.665. The Morgan fingerprint density at radius 3 is 3.00 bits per heavy atom. The highest BCUT2D eigenvalue weighted by Crippen LogP contribution is 2.29. The topological polar surface area (TPSA) is 38.7 Å². The molecule has 0 amide bonds. The maximum absolute atomic E-state index is 11.6. The zero-order valence-electron chi connectivity index (χ0n) is 7.53. The van der Waals surface area contributed by atoms with E-state index in [1.807, 2.05) is 0 Å². The minimum absolute atomic E-state index is 0.129. The molecule has 0 fully saturated rings. The van der Waals surface area contributed by atoms with Gasteiger partial charge in [0.1, 0.15) is 11.1 Å². The predicted octanol–water partition coefficient (Wildman–Crippen LogP) is 2.20. The number of alkyl halides is 1. The number of Topliss-reactive ketones (excluding diaryl/α,β-unsaturated/α-hetero) is 1. The molecule has 1 atom stereocenters. The van der Waals surface area contributed by atoms with Gasteiger partial charge in [-0.1, -0.05) is 0 Å². The van der Waals surface area contributed by atoms with Crippen LogP contribution in [-0.2, 0) is 0 Å². The third kappa shape index (κ3) is 1.40. The third-order valence-electron chi connectivity index (χ3n) is 2.06. The average molecular weight is 210 g/mol. The minimum atomic E-state index is -0.658. The van der Waals surface area contributed by atoms with E-state index in [9.17, 15) is 4.79 Å². The molecule has 0 radical (unpaired) electrons. The molecule has 1 unspecified atom stereocenters. The van der Waals surface area contributed by atoms with Crippen molar-refractivity contribution in [2.45, 2.75) is 5.38 Å². The van der Waals surface area contributed by atoms with Crippen molar-refractivity contribution >= 4 is 29.3 Å². The van der Waals surface area contributed by atoms with Gasteiger partial charge in [0.2, 0.25) is 0 Å². The largest absolute Gasteiger partial charge is 0.497 e. The monoisotopic (exact) mass is 209 g/mol. The summed E-state index contributed by atoms with van der Waals surface area (Å²) < 4.78 is 5.02. The van der Waals surface area contributed by atoms with E-state index in [0.29, 0.717) is 17.0 Å². The number of carbonyl (C=O) groups is 1. The smallest absolute Gasteiger partial charge is 0.188 e. The number of rotatable bonds is 1. The van der Waals surface area contributed by atoms with E-state index in [0.717, 1.165) is 0 Å². The molecule has 1 aliphatic rings. The summed E-state index contributed by atoms with van der Waals surface area (Å²) in [4.78, 5) is 15.7. The Morgan fingerprint density at radius 2 is 2.29 bits per heavy atom. The number of ether oxygens (including phenoxy) is 1. The maximum Gasteiger partial charge on any atom is 0.188 e. The van der Waals surface area contributed by atoms with Crippen molar-refractivity contribution in [2.75, 3.05) is 7.11 Å². The average Bonchev–Trinajstić information content (AvgIpc) is 2.23. The van der Waals surface area contributed by atoms with Gasteiger partial charge in [0, 0.05) is 11.8 Å². The first kappa shape index (κ1) is 9.21. The molecule has 0 bridgehead atoms. The van der Waals surface area contributed by atoms with Crippen LogP contribution in [0.3, 0.4) is 0 Å². The van der Waals surface area contributed by atoms with Crippen molar-refractivity contribution in [1.29, 1.82) is 0 Å². The Balaban J connectivity index is 2.53. The van der Waals surface area contributed by atoms with E-state index in [4.69, 9.17) is 16.3 Å². The fraction of sp³-hybridized carbons (Fsp3) is 0.200. The van der Waals surface area contributed by atoms with E-state index in [2.05, 4.69) is 4.99 Å². The van der Waals surface area contributed by atoms with Crippen LogP contribution in [0, 0.1) is 0 Å². The lowest BCUT2D eigenvalue weighted by Gasteiger charge is -2.12. The standard InChI is InChI=1S/C10H8ClNO2/c1-14-6-2-3-9-7(4-6)10(13)8(11)5-12-9/h2-5,8H,1H3. The summed E-state index contributed by atoms with van der Waals surface area (Å²) in [6, 6.07) is 5.16. The molecule has 0 spiro atoms. The molecular formula is C10H8ClNO2. The molecule has 1 aromatic rings. The number of methoxy groups -OCH3 is 1. The number of benzene rings is 1. The minimum Gasteiger partial charge on any atom is -0.497 e. The van der Waals surface area contributed by atoms with Crippen LogP contribution >= 0.6 is 11.6 Å². The predicted molar refractivity (Wildman–Crippen MR) is 55.1 cm³/mol. The molecule has 1 heterocycles. The van der Waals surface area contributed by atoms with Crippen LogP contribution in [0.4, 0.5) is 5.69 Å². The Hall–Kier alpha value is -1.35. The number of hydrogen-bond acceptors (Lipinski definition) is 3. The molecule has 72 valence electrons. The second-order valence-corrected chi connectivity index (χ2v) is 3.40. The molecule has 0 saturated carbocycles. The van der Waals surface area contributed by atoms with Gasteiger partial charge >= 0.3 is 0 Å². The van der Waals surface area contributed by atoms with Gasteiger partial charge in [-0.05, 0) is 18.2 Å². The number of ketones is 1. The summed E-state index contributed by atoms with van der Waals surface area (Å²) in [5, 5.41) is -0.658. The van der Waals surface area contributed by atoms with Crippen LogP contribution in [0.25, 0.3) is 0 Å². The normalized spacial score (nSPS) is 19.3. The van der Waals surface area contributed by atoms with E-state index in [-0.39, 0.29) is 5.78 Å². The molecule has 1 aromatic carbocycles.